The second kappa shape index (κ2) is 6.14. The fourth-order valence-corrected chi connectivity index (χ4v) is 2.67. The molecule has 1 unspecified atom stereocenters. The molecule has 1 fully saturated rings. The summed E-state index contributed by atoms with van der Waals surface area (Å²) < 4.78 is 0. The lowest BCUT2D eigenvalue weighted by Crippen LogP contribution is -2.40. The lowest BCUT2D eigenvalue weighted by atomic mass is 9.92. The highest BCUT2D eigenvalue weighted by Crippen LogP contribution is 2.21. The first kappa shape index (κ1) is 13.3. The molecule has 1 aliphatic rings. The lowest BCUT2D eigenvalue weighted by Gasteiger charge is -2.35. The predicted octanol–water partition coefficient (Wildman–Crippen LogP) is 2.18. The zero-order valence-corrected chi connectivity index (χ0v) is 11.7. The van der Waals surface area contributed by atoms with Crippen molar-refractivity contribution in [3.63, 3.8) is 0 Å². The smallest absolute Gasteiger partial charge is 0.129 e. The van der Waals surface area contributed by atoms with Crippen molar-refractivity contribution in [2.45, 2.75) is 39.2 Å². The standard InChI is InChI=1S/C14H24N4/c1-11(2)18-6-4-5-12(9-18)7-13-8-14(15-3)17-10-16-13/h8,10-12H,4-7,9H2,1-3H3,(H,15,16,17). The molecular formula is C14H24N4. The van der Waals surface area contributed by atoms with Gasteiger partial charge in [-0.05, 0) is 45.6 Å². The summed E-state index contributed by atoms with van der Waals surface area (Å²) in [4.78, 5) is 11.1. The first-order valence-corrected chi connectivity index (χ1v) is 6.91. The number of anilines is 1. The Morgan fingerprint density at radius 3 is 3.00 bits per heavy atom. The lowest BCUT2D eigenvalue weighted by molar-refractivity contribution is 0.139. The molecule has 100 valence electrons. The summed E-state index contributed by atoms with van der Waals surface area (Å²) in [6.07, 6.45) is 5.36. The summed E-state index contributed by atoms with van der Waals surface area (Å²) in [6, 6.07) is 2.72. The number of likely N-dealkylation sites (tertiary alicyclic amines) is 1. The SMILES string of the molecule is CNc1cc(CC2CCCN(C(C)C)C2)ncn1. The largest absolute Gasteiger partial charge is 0.373 e. The van der Waals surface area contributed by atoms with E-state index in [1.54, 1.807) is 6.33 Å². The van der Waals surface area contributed by atoms with E-state index in [9.17, 15) is 0 Å². The van der Waals surface area contributed by atoms with E-state index in [0.717, 1.165) is 23.9 Å². The Balaban J connectivity index is 1.95. The van der Waals surface area contributed by atoms with E-state index in [1.807, 2.05) is 7.05 Å². The number of aromatic nitrogens is 2. The molecule has 4 heteroatoms. The van der Waals surface area contributed by atoms with Crippen LogP contribution >= 0.6 is 0 Å². The molecule has 2 rings (SSSR count). The van der Waals surface area contributed by atoms with Crippen molar-refractivity contribution in [3.8, 4) is 0 Å². The van der Waals surface area contributed by atoms with Gasteiger partial charge >= 0.3 is 0 Å². The van der Waals surface area contributed by atoms with Crippen molar-refractivity contribution in [2.75, 3.05) is 25.5 Å². The van der Waals surface area contributed by atoms with Gasteiger partial charge < -0.3 is 10.2 Å². The van der Waals surface area contributed by atoms with Gasteiger partial charge in [0.05, 0.1) is 0 Å². The Labute approximate surface area is 110 Å². The Kier molecular flexibility index (Phi) is 4.53. The Bertz CT molecular complexity index is 378. The monoisotopic (exact) mass is 248 g/mol. The van der Waals surface area contributed by atoms with Gasteiger partial charge in [-0.3, -0.25) is 0 Å². The van der Waals surface area contributed by atoms with Gasteiger partial charge in [-0.25, -0.2) is 9.97 Å². The molecule has 4 nitrogen and oxygen atoms in total. The van der Waals surface area contributed by atoms with Gasteiger partial charge in [-0.1, -0.05) is 0 Å². The Hall–Kier alpha value is -1.16. The van der Waals surface area contributed by atoms with Gasteiger partial charge in [0.2, 0.25) is 0 Å². The summed E-state index contributed by atoms with van der Waals surface area (Å²) in [5, 5.41) is 3.07. The number of hydrogen-bond acceptors (Lipinski definition) is 4. The molecule has 1 saturated heterocycles. The summed E-state index contributed by atoms with van der Waals surface area (Å²) in [5.41, 5.74) is 1.16. The van der Waals surface area contributed by atoms with Crippen molar-refractivity contribution >= 4 is 5.82 Å². The zero-order chi connectivity index (χ0) is 13.0. The van der Waals surface area contributed by atoms with Gasteiger partial charge in [0.1, 0.15) is 12.1 Å². The van der Waals surface area contributed by atoms with Gasteiger partial charge in [-0.15, -0.1) is 0 Å². The van der Waals surface area contributed by atoms with Crippen LogP contribution in [0.25, 0.3) is 0 Å². The van der Waals surface area contributed by atoms with Crippen LogP contribution in [0.3, 0.4) is 0 Å². The van der Waals surface area contributed by atoms with E-state index in [-0.39, 0.29) is 0 Å². The molecule has 0 bridgehead atoms. The van der Waals surface area contributed by atoms with Crippen LogP contribution in [-0.4, -0.2) is 41.0 Å². The van der Waals surface area contributed by atoms with Crippen LogP contribution in [0.15, 0.2) is 12.4 Å². The first-order chi connectivity index (χ1) is 8.69. The third kappa shape index (κ3) is 3.42. The van der Waals surface area contributed by atoms with Crippen LogP contribution in [-0.2, 0) is 6.42 Å². The summed E-state index contributed by atoms with van der Waals surface area (Å²) in [5.74, 6) is 1.65. The topological polar surface area (TPSA) is 41.0 Å². The highest BCUT2D eigenvalue weighted by Gasteiger charge is 2.22. The van der Waals surface area contributed by atoms with Crippen LogP contribution in [0.2, 0.25) is 0 Å². The van der Waals surface area contributed by atoms with Crippen LogP contribution in [0, 0.1) is 5.92 Å². The van der Waals surface area contributed by atoms with Crippen molar-refractivity contribution in [3.05, 3.63) is 18.1 Å². The normalized spacial score (nSPS) is 21.2. The van der Waals surface area contributed by atoms with Crippen LogP contribution in [0.4, 0.5) is 5.82 Å². The molecule has 1 aromatic heterocycles. The quantitative estimate of drug-likeness (QED) is 0.886. The zero-order valence-electron chi connectivity index (χ0n) is 11.7. The second-order valence-corrected chi connectivity index (χ2v) is 5.45. The Morgan fingerprint density at radius 2 is 2.28 bits per heavy atom. The van der Waals surface area contributed by atoms with E-state index >= 15 is 0 Å². The number of piperidine rings is 1. The van der Waals surface area contributed by atoms with E-state index in [2.05, 4.69) is 40.1 Å². The summed E-state index contributed by atoms with van der Waals surface area (Å²) in [7, 11) is 1.90. The molecule has 0 aliphatic carbocycles. The minimum absolute atomic E-state index is 0.658. The van der Waals surface area contributed by atoms with Crippen molar-refractivity contribution < 1.29 is 0 Å². The molecule has 0 saturated carbocycles. The van der Waals surface area contributed by atoms with Crippen molar-refractivity contribution in [1.82, 2.24) is 14.9 Å². The van der Waals surface area contributed by atoms with E-state index < -0.39 is 0 Å². The van der Waals surface area contributed by atoms with Crippen molar-refractivity contribution in [1.29, 1.82) is 0 Å². The fourth-order valence-electron chi connectivity index (χ4n) is 2.67. The van der Waals surface area contributed by atoms with E-state index in [0.29, 0.717) is 6.04 Å². The van der Waals surface area contributed by atoms with Gasteiger partial charge in [-0.2, -0.15) is 0 Å². The third-order valence-electron chi connectivity index (χ3n) is 3.76. The summed E-state index contributed by atoms with van der Waals surface area (Å²) in [6.45, 7) is 7.02. The van der Waals surface area contributed by atoms with E-state index in [4.69, 9.17) is 0 Å². The number of hydrogen-bond donors (Lipinski definition) is 1. The third-order valence-corrected chi connectivity index (χ3v) is 3.76. The minimum atomic E-state index is 0.658. The molecule has 1 atom stereocenters. The Morgan fingerprint density at radius 1 is 1.44 bits per heavy atom. The van der Waals surface area contributed by atoms with Crippen molar-refractivity contribution in [2.24, 2.45) is 5.92 Å². The average molecular weight is 248 g/mol. The minimum Gasteiger partial charge on any atom is -0.373 e. The first-order valence-electron chi connectivity index (χ1n) is 6.91. The van der Waals surface area contributed by atoms with Gasteiger partial charge in [0.15, 0.2) is 0 Å². The average Bonchev–Trinajstić information content (AvgIpc) is 2.39. The molecule has 1 N–H and O–H groups in total. The molecule has 18 heavy (non-hydrogen) atoms. The maximum absolute atomic E-state index is 4.38. The van der Waals surface area contributed by atoms with E-state index in [1.165, 1.54) is 25.9 Å². The molecular weight excluding hydrogens is 224 g/mol. The number of nitrogens with zero attached hydrogens (tertiary/aromatic N) is 3. The van der Waals surface area contributed by atoms with Crippen LogP contribution in [0.5, 0.6) is 0 Å². The molecule has 0 aromatic carbocycles. The fraction of sp³-hybridized carbons (Fsp3) is 0.714. The predicted molar refractivity (Wildman–Crippen MR) is 74.7 cm³/mol. The summed E-state index contributed by atoms with van der Waals surface area (Å²) >= 11 is 0. The molecule has 1 aliphatic heterocycles. The van der Waals surface area contributed by atoms with Gasteiger partial charge in [0, 0.05) is 31.4 Å². The molecule has 1 aromatic rings. The molecule has 0 spiro atoms. The number of nitrogens with one attached hydrogen (secondary N) is 1. The molecule has 0 amide bonds. The van der Waals surface area contributed by atoms with Crippen LogP contribution < -0.4 is 5.32 Å². The maximum Gasteiger partial charge on any atom is 0.129 e. The van der Waals surface area contributed by atoms with Crippen LogP contribution in [0.1, 0.15) is 32.4 Å². The number of rotatable bonds is 4. The van der Waals surface area contributed by atoms with Gasteiger partial charge in [0.25, 0.3) is 0 Å². The highest BCUT2D eigenvalue weighted by atomic mass is 15.2. The maximum atomic E-state index is 4.38. The molecule has 0 radical (unpaired) electrons. The molecule has 2 heterocycles. The second-order valence-electron chi connectivity index (χ2n) is 5.45. The highest BCUT2D eigenvalue weighted by molar-refractivity contribution is 5.33.